The third-order valence-corrected chi connectivity index (χ3v) is 7.75. The third-order valence-electron chi connectivity index (χ3n) is 7.75. The van der Waals surface area contributed by atoms with Crippen LogP contribution in [0.15, 0.2) is 35.3 Å². The van der Waals surface area contributed by atoms with Gasteiger partial charge in [-0.05, 0) is 121 Å². The van der Waals surface area contributed by atoms with E-state index >= 15 is 0 Å². The molecule has 0 radical (unpaired) electrons. The Bertz CT molecular complexity index is 1030. The first-order valence-electron chi connectivity index (χ1n) is 14.0. The molecular formula is C28H44FN7O. The highest BCUT2D eigenvalue weighted by atomic mass is 19.1. The van der Waals surface area contributed by atoms with Gasteiger partial charge in [-0.2, -0.15) is 4.98 Å². The summed E-state index contributed by atoms with van der Waals surface area (Å²) < 4.78 is 16.3. The molecular weight excluding hydrogens is 469 g/mol. The second-order valence-corrected chi connectivity index (χ2v) is 10.8. The molecule has 2 aliphatic rings. The molecule has 2 fully saturated rings. The summed E-state index contributed by atoms with van der Waals surface area (Å²) in [7, 11) is 0. The van der Waals surface area contributed by atoms with Gasteiger partial charge in [-0.3, -0.25) is 4.57 Å². The molecule has 8 nitrogen and oxygen atoms in total. The van der Waals surface area contributed by atoms with E-state index in [2.05, 4.69) is 20.1 Å². The summed E-state index contributed by atoms with van der Waals surface area (Å²) in [6.07, 6.45) is 11.0. The molecule has 2 saturated heterocycles. The van der Waals surface area contributed by atoms with Gasteiger partial charge in [-0.15, -0.1) is 0 Å². The summed E-state index contributed by atoms with van der Waals surface area (Å²) in [4.78, 5) is 21.5. The number of nitrogens with one attached hydrogen (secondary N) is 1. The predicted octanol–water partition coefficient (Wildman–Crippen LogP) is 3.08. The molecule has 37 heavy (non-hydrogen) atoms. The van der Waals surface area contributed by atoms with Crippen molar-refractivity contribution in [2.75, 3.05) is 44.6 Å². The smallest absolute Gasteiger partial charge is 0.338 e. The Balaban J connectivity index is 1.18. The second-order valence-electron chi connectivity index (χ2n) is 10.8. The minimum absolute atomic E-state index is 0.318. The molecule has 0 aliphatic carbocycles. The van der Waals surface area contributed by atoms with E-state index in [1.54, 1.807) is 29.0 Å². The molecule has 5 N–H and O–H groups in total. The average molecular weight is 514 g/mol. The summed E-state index contributed by atoms with van der Waals surface area (Å²) in [6, 6.07) is 7.70. The van der Waals surface area contributed by atoms with Crippen LogP contribution in [0.1, 0.15) is 56.9 Å². The quantitative estimate of drug-likeness (QED) is 0.375. The second kappa shape index (κ2) is 14.0. The number of halogens is 1. The van der Waals surface area contributed by atoms with Gasteiger partial charge in [0.1, 0.15) is 11.6 Å². The number of hydrogen-bond acceptors (Lipinski definition) is 7. The Morgan fingerprint density at radius 3 is 2.05 bits per heavy atom. The van der Waals surface area contributed by atoms with Crippen LogP contribution >= 0.6 is 0 Å². The maximum atomic E-state index is 14.7. The summed E-state index contributed by atoms with van der Waals surface area (Å²) in [5.41, 5.74) is 12.9. The fourth-order valence-corrected chi connectivity index (χ4v) is 5.26. The van der Waals surface area contributed by atoms with Crippen molar-refractivity contribution in [2.24, 2.45) is 11.5 Å². The van der Waals surface area contributed by atoms with Gasteiger partial charge in [-0.25, -0.2) is 9.18 Å². The number of likely N-dealkylation sites (tertiary alicyclic amines) is 2. The first-order chi connectivity index (χ1) is 18.0. The number of aryl methyl sites for hydroxylation is 2. The van der Waals surface area contributed by atoms with Gasteiger partial charge in [0.15, 0.2) is 0 Å². The molecule has 4 rings (SSSR count). The monoisotopic (exact) mass is 513 g/mol. The Morgan fingerprint density at radius 2 is 1.46 bits per heavy atom. The van der Waals surface area contributed by atoms with E-state index in [0.717, 1.165) is 103 Å². The fraction of sp³-hybridized carbons (Fsp3) is 0.643. The molecule has 2 aromatic rings. The van der Waals surface area contributed by atoms with Crippen LogP contribution in [0, 0.1) is 5.82 Å². The SMILES string of the molecule is NC1CCN(CCCCc2ccc(Nc3ccn(CCCCN4CCC(N)CC4)c(=O)n3)c(F)c2)CC1. The fourth-order valence-electron chi connectivity index (χ4n) is 5.26. The highest BCUT2D eigenvalue weighted by Gasteiger charge is 2.16. The normalized spacial score (nSPS) is 18.4. The van der Waals surface area contributed by atoms with Crippen molar-refractivity contribution in [1.29, 1.82) is 0 Å². The topological polar surface area (TPSA) is 105 Å². The van der Waals surface area contributed by atoms with Crippen LogP contribution in [-0.4, -0.2) is 70.7 Å². The van der Waals surface area contributed by atoms with Crippen LogP contribution in [0.2, 0.25) is 0 Å². The summed E-state index contributed by atoms with van der Waals surface area (Å²) in [5.74, 6) is 0.0333. The Labute approximate surface area is 220 Å². The molecule has 1 aromatic heterocycles. The van der Waals surface area contributed by atoms with Crippen LogP contribution in [0.5, 0.6) is 0 Å². The number of benzene rings is 1. The van der Waals surface area contributed by atoms with Gasteiger partial charge in [0.2, 0.25) is 0 Å². The molecule has 3 heterocycles. The number of rotatable bonds is 12. The highest BCUT2D eigenvalue weighted by Crippen LogP contribution is 2.20. The Hall–Kier alpha value is -2.33. The molecule has 0 spiro atoms. The minimum atomic E-state index is -0.327. The number of unbranched alkanes of at least 4 members (excludes halogenated alkanes) is 2. The molecule has 0 amide bonds. The minimum Gasteiger partial charge on any atom is -0.338 e. The van der Waals surface area contributed by atoms with Crippen molar-refractivity contribution >= 4 is 11.5 Å². The standard InChI is InChI=1S/C28H44FN7O/c29-25-21-22(5-1-2-13-34-16-8-23(30)9-17-34)6-7-26(25)32-27-12-20-36(28(37)33-27)15-4-3-14-35-18-10-24(31)11-19-35/h6-7,12,20-21,23-24H,1-5,8-11,13-19,30-31H2,(H,32,33,37). The van der Waals surface area contributed by atoms with Crippen LogP contribution in [-0.2, 0) is 13.0 Å². The van der Waals surface area contributed by atoms with Crippen molar-refractivity contribution in [3.8, 4) is 0 Å². The molecule has 0 bridgehead atoms. The van der Waals surface area contributed by atoms with Crippen molar-refractivity contribution in [3.63, 3.8) is 0 Å². The number of piperidine rings is 2. The first-order valence-corrected chi connectivity index (χ1v) is 14.0. The number of hydrogen-bond donors (Lipinski definition) is 3. The number of nitrogens with zero attached hydrogens (tertiary/aromatic N) is 4. The number of aromatic nitrogens is 2. The van der Waals surface area contributed by atoms with E-state index in [4.69, 9.17) is 11.5 Å². The lowest BCUT2D eigenvalue weighted by atomic mass is 10.0. The van der Waals surface area contributed by atoms with Crippen LogP contribution < -0.4 is 22.5 Å². The van der Waals surface area contributed by atoms with E-state index in [0.29, 0.717) is 30.1 Å². The van der Waals surface area contributed by atoms with Crippen LogP contribution in [0.4, 0.5) is 15.9 Å². The average Bonchev–Trinajstić information content (AvgIpc) is 2.89. The van der Waals surface area contributed by atoms with Crippen molar-refractivity contribution in [1.82, 2.24) is 19.4 Å². The lowest BCUT2D eigenvalue weighted by Crippen LogP contribution is -2.40. The lowest BCUT2D eigenvalue weighted by molar-refractivity contribution is 0.208. The zero-order valence-corrected chi connectivity index (χ0v) is 22.1. The molecule has 1 aromatic carbocycles. The van der Waals surface area contributed by atoms with E-state index in [-0.39, 0.29) is 11.5 Å². The summed E-state index contributed by atoms with van der Waals surface area (Å²) in [5, 5.41) is 2.96. The zero-order chi connectivity index (χ0) is 26.0. The summed E-state index contributed by atoms with van der Waals surface area (Å²) in [6.45, 7) is 7.06. The number of nitrogens with two attached hydrogens (primary N) is 2. The molecule has 0 unspecified atom stereocenters. The molecule has 204 valence electrons. The Kier molecular flexibility index (Phi) is 10.5. The highest BCUT2D eigenvalue weighted by molar-refractivity contribution is 5.56. The van der Waals surface area contributed by atoms with Crippen LogP contribution in [0.25, 0.3) is 0 Å². The van der Waals surface area contributed by atoms with E-state index in [9.17, 15) is 9.18 Å². The van der Waals surface area contributed by atoms with E-state index in [1.165, 1.54) is 0 Å². The maximum absolute atomic E-state index is 14.7. The maximum Gasteiger partial charge on any atom is 0.349 e. The Morgan fingerprint density at radius 1 is 0.865 bits per heavy atom. The largest absolute Gasteiger partial charge is 0.349 e. The first kappa shape index (κ1) is 27.7. The molecule has 0 saturated carbocycles. The van der Waals surface area contributed by atoms with Crippen molar-refractivity contribution in [2.45, 2.75) is 76.4 Å². The van der Waals surface area contributed by atoms with Gasteiger partial charge in [-0.1, -0.05) is 6.07 Å². The molecule has 9 heteroatoms. The van der Waals surface area contributed by atoms with Gasteiger partial charge in [0.05, 0.1) is 5.69 Å². The predicted molar refractivity (Wildman–Crippen MR) is 148 cm³/mol. The van der Waals surface area contributed by atoms with E-state index in [1.807, 2.05) is 6.07 Å². The third kappa shape index (κ3) is 8.88. The lowest BCUT2D eigenvalue weighted by Gasteiger charge is -2.29. The van der Waals surface area contributed by atoms with Gasteiger partial charge < -0.3 is 26.6 Å². The summed E-state index contributed by atoms with van der Waals surface area (Å²) >= 11 is 0. The molecule has 2 aliphatic heterocycles. The van der Waals surface area contributed by atoms with Crippen molar-refractivity contribution < 1.29 is 4.39 Å². The molecule has 0 atom stereocenters. The van der Waals surface area contributed by atoms with Crippen molar-refractivity contribution in [3.05, 3.63) is 52.3 Å². The van der Waals surface area contributed by atoms with Gasteiger partial charge in [0.25, 0.3) is 0 Å². The van der Waals surface area contributed by atoms with E-state index < -0.39 is 0 Å². The zero-order valence-electron chi connectivity index (χ0n) is 22.1. The van der Waals surface area contributed by atoms with Gasteiger partial charge in [0, 0.05) is 24.8 Å². The number of anilines is 2. The van der Waals surface area contributed by atoms with Gasteiger partial charge >= 0.3 is 5.69 Å². The van der Waals surface area contributed by atoms with Crippen LogP contribution in [0.3, 0.4) is 0 Å².